The fourth-order valence-electron chi connectivity index (χ4n) is 4.01. The third-order valence-electron chi connectivity index (χ3n) is 5.83. The van der Waals surface area contributed by atoms with Crippen LogP contribution in [0.4, 0.5) is 23.2 Å². The molecule has 5 rings (SSSR count). The van der Waals surface area contributed by atoms with Crippen LogP contribution in [0.5, 0.6) is 5.75 Å². The average Bonchev–Trinajstić information content (AvgIpc) is 3.52. The van der Waals surface area contributed by atoms with E-state index in [1.165, 1.54) is 24.3 Å². The van der Waals surface area contributed by atoms with Crippen LogP contribution in [-0.4, -0.2) is 16.8 Å². The van der Waals surface area contributed by atoms with Gasteiger partial charge < -0.3 is 20.2 Å². The van der Waals surface area contributed by atoms with Crippen molar-refractivity contribution in [3.05, 3.63) is 100 Å². The molecule has 0 saturated heterocycles. The number of aromatic nitrogens is 1. The molecule has 3 N–H and O–H groups in total. The predicted molar refractivity (Wildman–Crippen MR) is 141 cm³/mol. The number of hydrogen-bond donors (Lipinski definition) is 2. The minimum atomic E-state index is -4.81. The van der Waals surface area contributed by atoms with Crippen LogP contribution in [0.25, 0.3) is 21.3 Å². The summed E-state index contributed by atoms with van der Waals surface area (Å²) < 4.78 is 65.8. The van der Waals surface area contributed by atoms with Crippen LogP contribution < -0.4 is 15.8 Å². The zero-order valence-corrected chi connectivity index (χ0v) is 21.5. The molecule has 0 fully saturated rings. The number of anilines is 1. The first-order chi connectivity index (χ1) is 19.0. The molecule has 0 bridgehead atoms. The van der Waals surface area contributed by atoms with Gasteiger partial charge in [-0.05, 0) is 66.1 Å². The standard InChI is InChI=1S/C28H19F4N3O4S/c1-14-3-2-4-17(11-14)38-13-18-9-10-20(39-18)26(37)35-23-22-19(15-5-7-16(29)8-6-15)12-21(28(30,31)32)34-27(22)40-24(23)25(33)36/h2-12H,13H2,1H3,(H2,33,36)(H,35,37). The van der Waals surface area contributed by atoms with Gasteiger partial charge in [-0.1, -0.05) is 24.3 Å². The second-order valence-electron chi connectivity index (χ2n) is 8.74. The minimum absolute atomic E-state index is 0.0249. The number of rotatable bonds is 7. The Morgan fingerprint density at radius 2 is 1.82 bits per heavy atom. The quantitative estimate of drug-likeness (QED) is 0.206. The summed E-state index contributed by atoms with van der Waals surface area (Å²) in [7, 11) is 0. The second kappa shape index (κ2) is 10.5. The fourth-order valence-corrected chi connectivity index (χ4v) is 5.01. The third-order valence-corrected chi connectivity index (χ3v) is 6.92. The van der Waals surface area contributed by atoms with Crippen molar-refractivity contribution in [2.45, 2.75) is 19.7 Å². The maximum atomic E-state index is 13.7. The Kier molecular flexibility index (Phi) is 7.03. The van der Waals surface area contributed by atoms with Crippen LogP contribution in [0.3, 0.4) is 0 Å². The van der Waals surface area contributed by atoms with Crippen molar-refractivity contribution in [1.82, 2.24) is 4.98 Å². The number of amides is 2. The summed E-state index contributed by atoms with van der Waals surface area (Å²) in [6.07, 6.45) is -4.81. The largest absolute Gasteiger partial charge is 0.486 e. The molecule has 0 unspecified atom stereocenters. The molecule has 0 aliphatic carbocycles. The maximum absolute atomic E-state index is 13.7. The molecule has 204 valence electrons. The fraction of sp³-hybridized carbons (Fsp3) is 0.107. The van der Waals surface area contributed by atoms with Gasteiger partial charge in [-0.2, -0.15) is 13.2 Å². The van der Waals surface area contributed by atoms with E-state index in [2.05, 4.69) is 10.3 Å². The SMILES string of the molecule is Cc1cccc(OCc2ccc(C(=O)Nc3c(C(N)=O)sc4nc(C(F)(F)F)cc(-c5ccc(F)cc5)c34)o2)c1. The Hall–Kier alpha value is -4.71. The van der Waals surface area contributed by atoms with Crippen molar-refractivity contribution in [2.24, 2.45) is 5.73 Å². The number of alkyl halides is 3. The van der Waals surface area contributed by atoms with Crippen LogP contribution in [0.1, 0.15) is 37.2 Å². The molecule has 0 saturated carbocycles. The molecule has 12 heteroatoms. The Bertz CT molecular complexity index is 1740. The normalized spacial score (nSPS) is 11.5. The number of primary amides is 1. The highest BCUT2D eigenvalue weighted by atomic mass is 32.1. The number of hydrogen-bond acceptors (Lipinski definition) is 6. The highest BCUT2D eigenvalue weighted by Crippen LogP contribution is 2.43. The van der Waals surface area contributed by atoms with E-state index in [-0.39, 0.29) is 44.3 Å². The molecule has 3 aromatic heterocycles. The molecule has 2 amide bonds. The van der Waals surface area contributed by atoms with Gasteiger partial charge in [0.1, 0.15) is 39.3 Å². The number of nitrogens with two attached hydrogens (primary N) is 1. The van der Waals surface area contributed by atoms with Crippen molar-refractivity contribution in [3.8, 4) is 16.9 Å². The number of ether oxygens (including phenoxy) is 1. The average molecular weight is 570 g/mol. The first-order valence-corrected chi connectivity index (χ1v) is 12.5. The number of carbonyl (C=O) groups excluding carboxylic acids is 2. The van der Waals surface area contributed by atoms with Crippen LogP contribution in [0, 0.1) is 12.7 Å². The molecule has 40 heavy (non-hydrogen) atoms. The van der Waals surface area contributed by atoms with Gasteiger partial charge in [-0.3, -0.25) is 9.59 Å². The zero-order valence-electron chi connectivity index (χ0n) is 20.6. The topological polar surface area (TPSA) is 107 Å². The zero-order chi connectivity index (χ0) is 28.6. The van der Waals surface area contributed by atoms with Crippen molar-refractivity contribution < 1.29 is 36.3 Å². The Morgan fingerprint density at radius 1 is 1.07 bits per heavy atom. The number of thiophene rings is 1. The summed E-state index contributed by atoms with van der Waals surface area (Å²) in [6, 6.07) is 15.8. The molecular formula is C28H19F4N3O4S. The summed E-state index contributed by atoms with van der Waals surface area (Å²) in [6.45, 7) is 1.95. The van der Waals surface area contributed by atoms with Gasteiger partial charge in [0.25, 0.3) is 11.8 Å². The molecule has 0 spiro atoms. The van der Waals surface area contributed by atoms with E-state index in [1.54, 1.807) is 6.07 Å². The number of aryl methyl sites for hydroxylation is 1. The Morgan fingerprint density at radius 3 is 2.50 bits per heavy atom. The van der Waals surface area contributed by atoms with Crippen LogP contribution >= 0.6 is 11.3 Å². The molecule has 0 aliphatic heterocycles. The van der Waals surface area contributed by atoms with Crippen molar-refractivity contribution in [2.75, 3.05) is 5.32 Å². The lowest BCUT2D eigenvalue weighted by Crippen LogP contribution is -2.16. The van der Waals surface area contributed by atoms with Crippen molar-refractivity contribution in [1.29, 1.82) is 0 Å². The lowest BCUT2D eigenvalue weighted by Gasteiger charge is -2.12. The van der Waals surface area contributed by atoms with Gasteiger partial charge in [-0.25, -0.2) is 9.37 Å². The van der Waals surface area contributed by atoms with Crippen LogP contribution in [0.2, 0.25) is 0 Å². The lowest BCUT2D eigenvalue weighted by molar-refractivity contribution is -0.140. The third kappa shape index (κ3) is 5.52. The molecule has 0 atom stereocenters. The Labute approximate surface area is 228 Å². The monoisotopic (exact) mass is 569 g/mol. The Balaban J connectivity index is 1.52. The van der Waals surface area contributed by atoms with Gasteiger partial charge >= 0.3 is 6.18 Å². The molecule has 7 nitrogen and oxygen atoms in total. The number of nitrogens with zero attached hydrogens (tertiary/aromatic N) is 1. The number of fused-ring (bicyclic) bond motifs is 1. The summed E-state index contributed by atoms with van der Waals surface area (Å²) in [5, 5.41) is 2.59. The summed E-state index contributed by atoms with van der Waals surface area (Å²) in [5.74, 6) is -1.56. The van der Waals surface area contributed by atoms with E-state index in [0.29, 0.717) is 22.8 Å². The molecule has 3 heterocycles. The van der Waals surface area contributed by atoms with E-state index in [9.17, 15) is 27.2 Å². The van der Waals surface area contributed by atoms with Gasteiger partial charge in [0.05, 0.1) is 5.69 Å². The summed E-state index contributed by atoms with van der Waals surface area (Å²) in [5.41, 5.74) is 5.34. The summed E-state index contributed by atoms with van der Waals surface area (Å²) >= 11 is 0.598. The van der Waals surface area contributed by atoms with E-state index >= 15 is 0 Å². The highest BCUT2D eigenvalue weighted by Gasteiger charge is 2.35. The van der Waals surface area contributed by atoms with E-state index in [1.807, 2.05) is 25.1 Å². The van der Waals surface area contributed by atoms with Crippen LogP contribution in [-0.2, 0) is 12.8 Å². The molecule has 0 radical (unpaired) electrons. The van der Waals surface area contributed by atoms with E-state index in [0.717, 1.165) is 23.8 Å². The van der Waals surface area contributed by atoms with Gasteiger partial charge in [-0.15, -0.1) is 11.3 Å². The number of pyridine rings is 1. The number of carbonyl (C=O) groups is 2. The first-order valence-electron chi connectivity index (χ1n) is 11.7. The van der Waals surface area contributed by atoms with Crippen molar-refractivity contribution >= 4 is 39.1 Å². The maximum Gasteiger partial charge on any atom is 0.433 e. The van der Waals surface area contributed by atoms with Gasteiger partial charge in [0.15, 0.2) is 5.76 Å². The molecule has 2 aromatic carbocycles. The smallest absolute Gasteiger partial charge is 0.433 e. The predicted octanol–water partition coefficient (Wildman–Crippen LogP) is 6.95. The van der Waals surface area contributed by atoms with Crippen LogP contribution in [0.15, 0.2) is 71.1 Å². The first kappa shape index (κ1) is 26.9. The van der Waals surface area contributed by atoms with Gasteiger partial charge in [0, 0.05) is 5.39 Å². The van der Waals surface area contributed by atoms with Gasteiger partial charge in [0.2, 0.25) is 0 Å². The number of halogens is 4. The number of furan rings is 1. The second-order valence-corrected chi connectivity index (χ2v) is 9.73. The number of benzene rings is 2. The molecular weight excluding hydrogens is 550 g/mol. The minimum Gasteiger partial charge on any atom is -0.486 e. The molecule has 5 aromatic rings. The number of nitrogens with one attached hydrogen (secondary N) is 1. The summed E-state index contributed by atoms with van der Waals surface area (Å²) in [4.78, 5) is 28.7. The van der Waals surface area contributed by atoms with E-state index in [4.69, 9.17) is 14.9 Å². The lowest BCUT2D eigenvalue weighted by atomic mass is 10.0. The highest BCUT2D eigenvalue weighted by molar-refractivity contribution is 7.21. The molecule has 0 aliphatic rings. The van der Waals surface area contributed by atoms with Crippen molar-refractivity contribution in [3.63, 3.8) is 0 Å². The van der Waals surface area contributed by atoms with E-state index < -0.39 is 29.5 Å².